The number of nitrogens with zero attached hydrogens (tertiary/aromatic N) is 5. The molecular formula is C15H16ClN7. The molecular weight excluding hydrogens is 314 g/mol. The van der Waals surface area contributed by atoms with E-state index in [4.69, 9.17) is 17.3 Å². The zero-order chi connectivity index (χ0) is 16.4. The van der Waals surface area contributed by atoms with Crippen molar-refractivity contribution in [3.63, 3.8) is 0 Å². The van der Waals surface area contributed by atoms with Gasteiger partial charge in [0.05, 0.1) is 12.2 Å². The van der Waals surface area contributed by atoms with E-state index < -0.39 is 0 Å². The SMILES string of the molecule is Cc1cc(N(c2ncc(Cl)c(N)n2)C(C)c2cccnc2)n[nH]1. The standard InChI is InChI=1S/C15H16ClN7/c1-9-6-13(22-21-9)23(10(2)11-4-3-5-18-7-11)15-19-8-12(16)14(17)20-15/h3-8,10H,1-2H3,(H,21,22)(H2,17,19,20). The van der Waals surface area contributed by atoms with Gasteiger partial charge in [-0.2, -0.15) is 10.1 Å². The van der Waals surface area contributed by atoms with Gasteiger partial charge < -0.3 is 5.73 Å². The molecule has 0 aliphatic carbocycles. The largest absolute Gasteiger partial charge is 0.382 e. The number of aromatic nitrogens is 5. The van der Waals surface area contributed by atoms with Crippen LogP contribution < -0.4 is 10.6 Å². The van der Waals surface area contributed by atoms with Gasteiger partial charge in [-0.15, -0.1) is 0 Å². The van der Waals surface area contributed by atoms with Crippen LogP contribution in [0.1, 0.15) is 24.2 Å². The van der Waals surface area contributed by atoms with Crippen molar-refractivity contribution in [3.05, 3.63) is 53.1 Å². The summed E-state index contributed by atoms with van der Waals surface area (Å²) < 4.78 is 0. The molecule has 23 heavy (non-hydrogen) atoms. The average Bonchev–Trinajstić information content (AvgIpc) is 2.98. The molecule has 8 heteroatoms. The van der Waals surface area contributed by atoms with E-state index in [2.05, 4.69) is 25.1 Å². The minimum Gasteiger partial charge on any atom is -0.382 e. The third kappa shape index (κ3) is 3.09. The van der Waals surface area contributed by atoms with Gasteiger partial charge in [-0.25, -0.2) is 4.98 Å². The first-order valence-corrected chi connectivity index (χ1v) is 7.43. The molecule has 0 saturated carbocycles. The van der Waals surface area contributed by atoms with Crippen molar-refractivity contribution >= 4 is 29.2 Å². The summed E-state index contributed by atoms with van der Waals surface area (Å²) in [6, 6.07) is 5.70. The van der Waals surface area contributed by atoms with Crippen molar-refractivity contribution in [1.29, 1.82) is 0 Å². The van der Waals surface area contributed by atoms with Crippen LogP contribution in [0.15, 0.2) is 36.8 Å². The van der Waals surface area contributed by atoms with E-state index in [1.54, 1.807) is 12.4 Å². The Morgan fingerprint density at radius 1 is 1.35 bits per heavy atom. The highest BCUT2D eigenvalue weighted by molar-refractivity contribution is 6.32. The number of halogens is 1. The number of H-pyrrole nitrogens is 1. The van der Waals surface area contributed by atoms with E-state index in [1.807, 2.05) is 36.9 Å². The van der Waals surface area contributed by atoms with Gasteiger partial charge in [-0.1, -0.05) is 17.7 Å². The summed E-state index contributed by atoms with van der Waals surface area (Å²) in [5.41, 5.74) is 7.77. The summed E-state index contributed by atoms with van der Waals surface area (Å²) in [4.78, 5) is 14.6. The van der Waals surface area contributed by atoms with Gasteiger partial charge in [0.15, 0.2) is 5.82 Å². The lowest BCUT2D eigenvalue weighted by Crippen LogP contribution is -2.24. The van der Waals surface area contributed by atoms with E-state index in [9.17, 15) is 0 Å². The Bertz CT molecular complexity index is 803. The lowest BCUT2D eigenvalue weighted by Gasteiger charge is -2.27. The number of anilines is 3. The molecule has 3 aromatic rings. The monoisotopic (exact) mass is 329 g/mol. The number of nitrogen functional groups attached to an aromatic ring is 1. The third-order valence-corrected chi connectivity index (χ3v) is 3.76. The maximum Gasteiger partial charge on any atom is 0.233 e. The zero-order valence-corrected chi connectivity index (χ0v) is 13.5. The molecule has 0 saturated heterocycles. The predicted octanol–water partition coefficient (Wildman–Crippen LogP) is 3.04. The van der Waals surface area contributed by atoms with Crippen LogP contribution in [0.4, 0.5) is 17.6 Å². The number of nitrogens with two attached hydrogens (primary N) is 1. The number of pyridine rings is 1. The highest BCUT2D eigenvalue weighted by Crippen LogP contribution is 2.32. The number of aromatic amines is 1. The van der Waals surface area contributed by atoms with Crippen molar-refractivity contribution in [2.24, 2.45) is 0 Å². The number of nitrogens with one attached hydrogen (secondary N) is 1. The molecule has 0 radical (unpaired) electrons. The van der Waals surface area contributed by atoms with Crippen LogP contribution in [0.25, 0.3) is 0 Å². The van der Waals surface area contributed by atoms with Crippen molar-refractivity contribution in [2.45, 2.75) is 19.9 Å². The zero-order valence-electron chi connectivity index (χ0n) is 12.7. The van der Waals surface area contributed by atoms with Crippen LogP contribution in [-0.4, -0.2) is 25.1 Å². The van der Waals surface area contributed by atoms with Gasteiger partial charge in [0.1, 0.15) is 10.8 Å². The van der Waals surface area contributed by atoms with E-state index in [-0.39, 0.29) is 11.9 Å². The Labute approximate surface area is 138 Å². The van der Waals surface area contributed by atoms with E-state index in [0.29, 0.717) is 16.8 Å². The fraction of sp³-hybridized carbons (Fsp3) is 0.200. The summed E-state index contributed by atoms with van der Waals surface area (Å²) in [6.45, 7) is 3.95. The van der Waals surface area contributed by atoms with Crippen LogP contribution >= 0.6 is 11.6 Å². The van der Waals surface area contributed by atoms with Crippen LogP contribution in [-0.2, 0) is 0 Å². The summed E-state index contributed by atoms with van der Waals surface area (Å²) in [5, 5.41) is 7.57. The summed E-state index contributed by atoms with van der Waals surface area (Å²) in [6.07, 6.45) is 5.02. The highest BCUT2D eigenvalue weighted by atomic mass is 35.5. The highest BCUT2D eigenvalue weighted by Gasteiger charge is 2.23. The lowest BCUT2D eigenvalue weighted by atomic mass is 10.1. The number of rotatable bonds is 4. The molecule has 0 aliphatic heterocycles. The van der Waals surface area contributed by atoms with Gasteiger partial charge >= 0.3 is 0 Å². The second-order valence-electron chi connectivity index (χ2n) is 5.14. The molecule has 1 unspecified atom stereocenters. The van der Waals surface area contributed by atoms with Crippen molar-refractivity contribution < 1.29 is 0 Å². The van der Waals surface area contributed by atoms with Gasteiger partial charge in [0.25, 0.3) is 0 Å². The van der Waals surface area contributed by atoms with Crippen molar-refractivity contribution in [1.82, 2.24) is 25.1 Å². The smallest absolute Gasteiger partial charge is 0.233 e. The fourth-order valence-corrected chi connectivity index (χ4v) is 2.35. The summed E-state index contributed by atoms with van der Waals surface area (Å²) in [5.74, 6) is 1.35. The Balaban J connectivity index is 2.08. The lowest BCUT2D eigenvalue weighted by molar-refractivity contribution is 0.733. The molecule has 0 aliphatic rings. The molecule has 0 aromatic carbocycles. The molecule has 3 heterocycles. The number of hydrogen-bond donors (Lipinski definition) is 2. The van der Waals surface area contributed by atoms with Crippen LogP contribution in [0.5, 0.6) is 0 Å². The first kappa shape index (κ1) is 15.2. The molecule has 0 bridgehead atoms. The molecule has 7 nitrogen and oxygen atoms in total. The first-order chi connectivity index (χ1) is 11.1. The Morgan fingerprint density at radius 3 is 2.78 bits per heavy atom. The molecule has 0 fully saturated rings. The van der Waals surface area contributed by atoms with Crippen LogP contribution in [0.3, 0.4) is 0 Å². The van der Waals surface area contributed by atoms with Crippen LogP contribution in [0, 0.1) is 6.92 Å². The normalized spacial score (nSPS) is 12.1. The van der Waals surface area contributed by atoms with Crippen molar-refractivity contribution in [2.75, 3.05) is 10.6 Å². The Kier molecular flexibility index (Phi) is 4.12. The average molecular weight is 330 g/mol. The van der Waals surface area contributed by atoms with Gasteiger partial charge in [0.2, 0.25) is 5.95 Å². The summed E-state index contributed by atoms with van der Waals surface area (Å²) in [7, 11) is 0. The molecule has 118 valence electrons. The summed E-state index contributed by atoms with van der Waals surface area (Å²) >= 11 is 5.93. The molecule has 3 rings (SSSR count). The fourth-order valence-electron chi connectivity index (χ4n) is 2.26. The molecule has 3 N–H and O–H groups in total. The molecule has 0 amide bonds. The van der Waals surface area contributed by atoms with Crippen molar-refractivity contribution in [3.8, 4) is 0 Å². The van der Waals surface area contributed by atoms with Gasteiger partial charge in [-0.05, 0) is 25.5 Å². The quantitative estimate of drug-likeness (QED) is 0.763. The Hall–Kier alpha value is -2.67. The Morgan fingerprint density at radius 2 is 2.17 bits per heavy atom. The minimum atomic E-state index is -0.0908. The predicted molar refractivity (Wildman–Crippen MR) is 89.6 cm³/mol. The second kappa shape index (κ2) is 6.21. The van der Waals surface area contributed by atoms with E-state index >= 15 is 0 Å². The van der Waals surface area contributed by atoms with E-state index in [1.165, 1.54) is 6.20 Å². The van der Waals surface area contributed by atoms with Gasteiger partial charge in [-0.3, -0.25) is 15.0 Å². The number of aryl methyl sites for hydroxylation is 1. The van der Waals surface area contributed by atoms with E-state index in [0.717, 1.165) is 11.3 Å². The molecule has 1 atom stereocenters. The number of hydrogen-bond acceptors (Lipinski definition) is 6. The molecule has 0 spiro atoms. The topological polar surface area (TPSA) is 96.6 Å². The third-order valence-electron chi connectivity index (χ3n) is 3.47. The van der Waals surface area contributed by atoms with Crippen LogP contribution in [0.2, 0.25) is 5.02 Å². The second-order valence-corrected chi connectivity index (χ2v) is 5.55. The minimum absolute atomic E-state index is 0.0908. The molecule has 3 aromatic heterocycles. The van der Waals surface area contributed by atoms with Gasteiger partial charge in [0, 0.05) is 24.2 Å². The maximum absolute atomic E-state index is 5.93. The maximum atomic E-state index is 5.93. The first-order valence-electron chi connectivity index (χ1n) is 7.05.